The van der Waals surface area contributed by atoms with Gasteiger partial charge < -0.3 is 19.7 Å². The van der Waals surface area contributed by atoms with Crippen LogP contribution in [0.15, 0.2) is 0 Å². The lowest BCUT2D eigenvalue weighted by Gasteiger charge is -2.32. The molecule has 0 aromatic carbocycles. The second-order valence-corrected chi connectivity index (χ2v) is 4.02. The molecule has 7 nitrogen and oxygen atoms in total. The van der Waals surface area contributed by atoms with Crippen LogP contribution < -0.4 is 5.32 Å². The molecule has 1 atom stereocenters. The minimum absolute atomic E-state index is 0.0275. The molecule has 18 heavy (non-hydrogen) atoms. The number of carbonyl (C=O) groups excluding carboxylic acids is 3. The molecule has 1 rings (SSSR count). The maximum Gasteiger partial charge on any atom is 0.308 e. The first-order chi connectivity index (χ1) is 8.52. The molecule has 1 aliphatic rings. The third-order valence-corrected chi connectivity index (χ3v) is 2.60. The zero-order valence-electron chi connectivity index (χ0n) is 10.6. The first kappa shape index (κ1) is 14.4. The fourth-order valence-electron chi connectivity index (χ4n) is 1.65. The van der Waals surface area contributed by atoms with E-state index >= 15 is 0 Å². The average molecular weight is 258 g/mol. The molecule has 1 saturated heterocycles. The highest BCUT2D eigenvalue weighted by molar-refractivity contribution is 5.83. The van der Waals surface area contributed by atoms with E-state index in [1.54, 1.807) is 4.90 Å². The van der Waals surface area contributed by atoms with Gasteiger partial charge in [0.15, 0.2) is 0 Å². The molecule has 1 heterocycles. The van der Waals surface area contributed by atoms with Gasteiger partial charge in [-0.25, -0.2) is 0 Å². The summed E-state index contributed by atoms with van der Waals surface area (Å²) >= 11 is 0. The highest BCUT2D eigenvalue weighted by atomic mass is 16.5. The largest absolute Gasteiger partial charge is 0.469 e. The first-order valence-electron chi connectivity index (χ1n) is 5.73. The molecule has 0 bridgehead atoms. The zero-order valence-corrected chi connectivity index (χ0v) is 10.6. The molecular formula is C11H18N2O5. The zero-order chi connectivity index (χ0) is 13.5. The highest BCUT2D eigenvalue weighted by Gasteiger charge is 2.26. The van der Waals surface area contributed by atoms with Crippen molar-refractivity contribution < 1.29 is 23.9 Å². The number of hydrogen-bond donors (Lipinski definition) is 1. The molecule has 0 spiro atoms. The van der Waals surface area contributed by atoms with Crippen molar-refractivity contribution in [1.29, 1.82) is 0 Å². The van der Waals surface area contributed by atoms with Crippen molar-refractivity contribution in [2.75, 3.05) is 33.4 Å². The van der Waals surface area contributed by atoms with Gasteiger partial charge in [-0.15, -0.1) is 0 Å². The third kappa shape index (κ3) is 4.70. The number of rotatable bonds is 4. The van der Waals surface area contributed by atoms with Crippen molar-refractivity contribution in [3.05, 3.63) is 0 Å². The van der Waals surface area contributed by atoms with E-state index in [9.17, 15) is 14.4 Å². The van der Waals surface area contributed by atoms with Gasteiger partial charge in [-0.1, -0.05) is 0 Å². The van der Waals surface area contributed by atoms with Crippen LogP contribution in [-0.2, 0) is 23.9 Å². The van der Waals surface area contributed by atoms with Crippen molar-refractivity contribution in [1.82, 2.24) is 10.2 Å². The number of amides is 2. The second-order valence-electron chi connectivity index (χ2n) is 4.02. The smallest absolute Gasteiger partial charge is 0.308 e. The lowest BCUT2D eigenvalue weighted by molar-refractivity contribution is -0.149. The van der Waals surface area contributed by atoms with Crippen LogP contribution in [0.25, 0.3) is 0 Å². The SMILES string of the molecule is COC(=O)CC1CN(C(=O)CNC(C)=O)CCO1. The fraction of sp³-hybridized carbons (Fsp3) is 0.727. The molecule has 2 amide bonds. The molecule has 0 saturated carbocycles. The van der Waals surface area contributed by atoms with Gasteiger partial charge in [0.2, 0.25) is 11.8 Å². The molecule has 1 unspecified atom stereocenters. The molecule has 1 aliphatic heterocycles. The van der Waals surface area contributed by atoms with Crippen molar-refractivity contribution in [3.63, 3.8) is 0 Å². The van der Waals surface area contributed by atoms with Crippen LogP contribution in [0, 0.1) is 0 Å². The Labute approximate surface area is 105 Å². The molecule has 1 fully saturated rings. The molecule has 0 aromatic rings. The standard InChI is InChI=1S/C11H18N2O5/c1-8(14)12-6-10(15)13-3-4-18-9(7-13)5-11(16)17-2/h9H,3-7H2,1-2H3,(H,12,14). The Morgan fingerprint density at radius 3 is 2.78 bits per heavy atom. The number of morpholine rings is 1. The Bertz CT molecular complexity index is 331. The summed E-state index contributed by atoms with van der Waals surface area (Å²) in [5.74, 6) is -0.790. The first-order valence-corrected chi connectivity index (χ1v) is 5.73. The highest BCUT2D eigenvalue weighted by Crippen LogP contribution is 2.09. The van der Waals surface area contributed by atoms with Gasteiger partial charge in [0, 0.05) is 20.0 Å². The fourth-order valence-corrected chi connectivity index (χ4v) is 1.65. The molecule has 0 aromatic heterocycles. The van der Waals surface area contributed by atoms with E-state index in [2.05, 4.69) is 10.1 Å². The van der Waals surface area contributed by atoms with Crippen LogP contribution >= 0.6 is 0 Å². The van der Waals surface area contributed by atoms with Crippen molar-refractivity contribution >= 4 is 17.8 Å². The Morgan fingerprint density at radius 1 is 1.44 bits per heavy atom. The minimum Gasteiger partial charge on any atom is -0.469 e. The Kier molecular flexibility index (Phi) is 5.57. The van der Waals surface area contributed by atoms with E-state index in [1.807, 2.05) is 0 Å². The van der Waals surface area contributed by atoms with Crippen molar-refractivity contribution in [2.24, 2.45) is 0 Å². The summed E-state index contributed by atoms with van der Waals surface area (Å²) in [7, 11) is 1.31. The van der Waals surface area contributed by atoms with Gasteiger partial charge in [0.05, 0.1) is 32.8 Å². The van der Waals surface area contributed by atoms with Crippen molar-refractivity contribution in [2.45, 2.75) is 19.4 Å². The molecular weight excluding hydrogens is 240 g/mol. The number of ether oxygens (including phenoxy) is 2. The van der Waals surface area contributed by atoms with Gasteiger partial charge in [0.1, 0.15) is 0 Å². The van der Waals surface area contributed by atoms with Crippen LogP contribution in [0.3, 0.4) is 0 Å². The summed E-state index contributed by atoms with van der Waals surface area (Å²) < 4.78 is 9.92. The van der Waals surface area contributed by atoms with E-state index in [1.165, 1.54) is 14.0 Å². The Morgan fingerprint density at radius 2 is 2.17 bits per heavy atom. The van der Waals surface area contributed by atoms with E-state index < -0.39 is 0 Å². The number of methoxy groups -OCH3 is 1. The summed E-state index contributed by atoms with van der Waals surface area (Å²) in [5, 5.41) is 2.45. The second kappa shape index (κ2) is 6.95. The monoisotopic (exact) mass is 258 g/mol. The molecule has 0 radical (unpaired) electrons. The molecule has 7 heteroatoms. The van der Waals surface area contributed by atoms with Crippen LogP contribution in [0.4, 0.5) is 0 Å². The quantitative estimate of drug-likeness (QED) is 0.648. The van der Waals surface area contributed by atoms with E-state index in [-0.39, 0.29) is 36.9 Å². The van der Waals surface area contributed by atoms with Gasteiger partial charge in [-0.2, -0.15) is 0 Å². The van der Waals surface area contributed by atoms with Crippen LogP contribution in [0.1, 0.15) is 13.3 Å². The summed E-state index contributed by atoms with van der Waals surface area (Å²) in [6.45, 7) is 2.52. The van der Waals surface area contributed by atoms with Gasteiger partial charge in [-0.3, -0.25) is 14.4 Å². The molecule has 1 N–H and O–H groups in total. The summed E-state index contributed by atoms with van der Waals surface area (Å²) in [5.41, 5.74) is 0. The predicted octanol–water partition coefficient (Wildman–Crippen LogP) is -1.09. The predicted molar refractivity (Wildman–Crippen MR) is 61.6 cm³/mol. The minimum atomic E-state index is -0.365. The lowest BCUT2D eigenvalue weighted by Crippen LogP contribution is -2.49. The molecule has 102 valence electrons. The van der Waals surface area contributed by atoms with Crippen LogP contribution in [-0.4, -0.2) is 62.1 Å². The number of nitrogens with one attached hydrogen (secondary N) is 1. The number of carbonyl (C=O) groups is 3. The maximum absolute atomic E-state index is 11.7. The van der Waals surface area contributed by atoms with E-state index in [4.69, 9.17) is 4.74 Å². The van der Waals surface area contributed by atoms with Gasteiger partial charge in [-0.05, 0) is 0 Å². The lowest BCUT2D eigenvalue weighted by atomic mass is 10.2. The van der Waals surface area contributed by atoms with Gasteiger partial charge >= 0.3 is 5.97 Å². The van der Waals surface area contributed by atoms with E-state index in [0.717, 1.165) is 0 Å². The van der Waals surface area contributed by atoms with Gasteiger partial charge in [0.25, 0.3) is 0 Å². The Balaban J connectivity index is 2.40. The molecule has 0 aliphatic carbocycles. The maximum atomic E-state index is 11.7. The Hall–Kier alpha value is -1.63. The average Bonchev–Trinajstić information content (AvgIpc) is 2.36. The summed E-state index contributed by atoms with van der Waals surface area (Å²) in [4.78, 5) is 35.1. The summed E-state index contributed by atoms with van der Waals surface area (Å²) in [6, 6.07) is 0. The van der Waals surface area contributed by atoms with Crippen molar-refractivity contribution in [3.8, 4) is 0 Å². The van der Waals surface area contributed by atoms with E-state index in [0.29, 0.717) is 19.7 Å². The van der Waals surface area contributed by atoms with Crippen LogP contribution in [0.5, 0.6) is 0 Å². The summed E-state index contributed by atoms with van der Waals surface area (Å²) in [6.07, 6.45) is -0.215. The number of esters is 1. The number of nitrogens with zero attached hydrogens (tertiary/aromatic N) is 1. The normalized spacial score (nSPS) is 19.2. The number of hydrogen-bond acceptors (Lipinski definition) is 5. The topological polar surface area (TPSA) is 84.9 Å². The van der Waals surface area contributed by atoms with Crippen LogP contribution in [0.2, 0.25) is 0 Å². The third-order valence-electron chi connectivity index (χ3n) is 2.60.